The average Bonchev–Trinajstić information content (AvgIpc) is 3.19. The zero-order chi connectivity index (χ0) is 23.3. The predicted molar refractivity (Wildman–Crippen MR) is 137 cm³/mol. The van der Waals surface area contributed by atoms with Crippen LogP contribution >= 0.6 is 35.5 Å². The summed E-state index contributed by atoms with van der Waals surface area (Å²) < 4.78 is 38.2. The molecule has 0 atom stereocenters. The fourth-order valence-corrected chi connectivity index (χ4v) is 5.90. The van der Waals surface area contributed by atoms with Gasteiger partial charge in [0.2, 0.25) is 5.91 Å². The minimum absolute atomic E-state index is 0. The van der Waals surface area contributed by atoms with Crippen molar-refractivity contribution in [3.63, 3.8) is 0 Å². The fourth-order valence-electron chi connectivity index (χ4n) is 3.19. The third kappa shape index (κ3) is 7.13. The van der Waals surface area contributed by atoms with Crippen molar-refractivity contribution in [3.8, 4) is 0 Å². The van der Waals surface area contributed by atoms with Gasteiger partial charge in [0, 0.05) is 24.2 Å². The molecule has 3 aromatic rings. The first-order chi connectivity index (χ1) is 15.2. The van der Waals surface area contributed by atoms with Crippen molar-refractivity contribution in [2.45, 2.75) is 23.6 Å². The van der Waals surface area contributed by atoms with E-state index < -0.39 is 9.84 Å². The Bertz CT molecular complexity index is 1180. The summed E-state index contributed by atoms with van der Waals surface area (Å²) in [7, 11) is -3.45. The van der Waals surface area contributed by atoms with Crippen LogP contribution in [0.25, 0.3) is 10.2 Å². The van der Waals surface area contributed by atoms with Gasteiger partial charge in [0.25, 0.3) is 0 Å². The summed E-state index contributed by atoms with van der Waals surface area (Å²) in [5, 5.41) is 0.480. The molecule has 0 aliphatic rings. The van der Waals surface area contributed by atoms with Crippen LogP contribution in [0.3, 0.4) is 0 Å². The van der Waals surface area contributed by atoms with Crippen molar-refractivity contribution in [1.82, 2.24) is 9.88 Å². The molecule has 0 radical (unpaired) electrons. The second-order valence-corrected chi connectivity index (χ2v) is 11.2. The Morgan fingerprint density at radius 1 is 1.09 bits per heavy atom. The number of nitrogens with zero attached hydrogens (tertiary/aromatic N) is 3. The van der Waals surface area contributed by atoms with Crippen LogP contribution in [0.4, 0.5) is 9.52 Å². The number of para-hydroxylation sites is 1. The lowest BCUT2D eigenvalue weighted by Gasteiger charge is -2.24. The summed E-state index contributed by atoms with van der Waals surface area (Å²) in [6.45, 7) is 6.97. The zero-order valence-corrected chi connectivity index (χ0v) is 21.9. The van der Waals surface area contributed by atoms with Gasteiger partial charge in [-0.3, -0.25) is 9.69 Å². The molecule has 3 rings (SSSR count). The van der Waals surface area contributed by atoms with Gasteiger partial charge in [-0.15, -0.1) is 24.2 Å². The number of thioether (sulfide) groups is 1. The van der Waals surface area contributed by atoms with E-state index in [4.69, 9.17) is 0 Å². The first kappa shape index (κ1) is 27.5. The molecule has 2 aromatic carbocycles. The molecule has 0 saturated carbocycles. The van der Waals surface area contributed by atoms with Crippen LogP contribution in [0, 0.1) is 5.82 Å². The van der Waals surface area contributed by atoms with Crippen molar-refractivity contribution in [2.75, 3.05) is 43.1 Å². The number of thiazole rings is 1. The average molecular weight is 532 g/mol. The first-order valence-corrected chi connectivity index (χ1v) is 13.9. The van der Waals surface area contributed by atoms with E-state index in [0.29, 0.717) is 23.7 Å². The molecule has 1 amide bonds. The number of sulfone groups is 1. The van der Waals surface area contributed by atoms with Crippen LogP contribution in [-0.2, 0) is 14.6 Å². The molecule has 11 heteroatoms. The molecule has 1 heterocycles. The Kier molecular flexibility index (Phi) is 10.1. The normalized spacial score (nSPS) is 11.5. The molecule has 0 unspecified atom stereocenters. The van der Waals surface area contributed by atoms with Crippen LogP contribution in [0.1, 0.15) is 13.8 Å². The lowest BCUT2D eigenvalue weighted by Crippen LogP contribution is -2.39. The summed E-state index contributed by atoms with van der Waals surface area (Å²) in [5.41, 5.74) is 0.391. The number of anilines is 1. The monoisotopic (exact) mass is 531 g/mol. The molecule has 0 aliphatic carbocycles. The highest BCUT2D eigenvalue weighted by atomic mass is 35.5. The van der Waals surface area contributed by atoms with Crippen molar-refractivity contribution in [2.24, 2.45) is 0 Å². The number of aromatic nitrogens is 1. The van der Waals surface area contributed by atoms with Gasteiger partial charge in [-0.25, -0.2) is 17.8 Å². The van der Waals surface area contributed by atoms with Crippen LogP contribution in [0.2, 0.25) is 0 Å². The lowest BCUT2D eigenvalue weighted by molar-refractivity contribution is -0.116. The smallest absolute Gasteiger partial charge is 0.239 e. The number of carbonyl (C=O) groups excluding carboxylic acids is 1. The predicted octanol–water partition coefficient (Wildman–Crippen LogP) is 4.73. The minimum Gasteiger partial charge on any atom is -0.302 e. The van der Waals surface area contributed by atoms with Gasteiger partial charge in [0.05, 0.1) is 15.3 Å². The molecular formula is C22H27ClFN3O3S3. The second kappa shape index (κ2) is 12.1. The SMILES string of the molecule is CCN(CC)CCN(C(=O)CSc1ccc(F)cc1)c1nc2c(S(C)(=O)=O)cccc2s1.Cl. The number of carbonyl (C=O) groups is 1. The van der Waals surface area contributed by atoms with Crippen LogP contribution in [0.15, 0.2) is 52.3 Å². The van der Waals surface area contributed by atoms with E-state index >= 15 is 0 Å². The first-order valence-electron chi connectivity index (χ1n) is 10.2. The summed E-state index contributed by atoms with van der Waals surface area (Å²) in [5.74, 6) is -0.289. The van der Waals surface area contributed by atoms with Crippen molar-refractivity contribution in [3.05, 3.63) is 48.3 Å². The minimum atomic E-state index is -3.45. The maximum Gasteiger partial charge on any atom is 0.239 e. The van der Waals surface area contributed by atoms with E-state index in [1.54, 1.807) is 23.1 Å². The van der Waals surface area contributed by atoms with Gasteiger partial charge >= 0.3 is 0 Å². The molecule has 0 aliphatic heterocycles. The number of hydrogen-bond acceptors (Lipinski definition) is 7. The van der Waals surface area contributed by atoms with Crippen LogP contribution in [0.5, 0.6) is 0 Å². The maximum atomic E-state index is 13.2. The molecule has 0 spiro atoms. The Balaban J connectivity index is 0.00000385. The van der Waals surface area contributed by atoms with Gasteiger partial charge in [-0.2, -0.15) is 0 Å². The summed E-state index contributed by atoms with van der Waals surface area (Å²) in [4.78, 5) is 22.6. The molecule has 0 N–H and O–H groups in total. The van der Waals surface area contributed by atoms with Gasteiger partial charge in [-0.1, -0.05) is 31.3 Å². The fraction of sp³-hybridized carbons (Fsp3) is 0.364. The van der Waals surface area contributed by atoms with Gasteiger partial charge < -0.3 is 4.90 Å². The summed E-state index contributed by atoms with van der Waals surface area (Å²) >= 11 is 2.64. The summed E-state index contributed by atoms with van der Waals surface area (Å²) in [6.07, 6.45) is 1.16. The van der Waals surface area contributed by atoms with E-state index in [0.717, 1.165) is 28.9 Å². The molecule has 180 valence electrons. The molecule has 0 fully saturated rings. The van der Waals surface area contributed by atoms with E-state index in [9.17, 15) is 17.6 Å². The Morgan fingerprint density at radius 2 is 1.76 bits per heavy atom. The number of likely N-dealkylation sites (N-methyl/N-ethyl adjacent to an activating group) is 1. The standard InChI is InChI=1S/C22H26FN3O3S3.ClH/c1-4-25(5-2)13-14-26(20(27)15-30-17-11-9-16(23)10-12-17)22-24-21-18(31-22)7-6-8-19(21)32(3,28)29;/h6-12H,4-5,13-15H2,1-3H3;1H. The molecular weight excluding hydrogens is 505 g/mol. The molecule has 33 heavy (non-hydrogen) atoms. The second-order valence-electron chi connectivity index (χ2n) is 7.19. The van der Waals surface area contributed by atoms with Crippen LogP contribution in [-0.4, -0.2) is 62.4 Å². The molecule has 1 aromatic heterocycles. The lowest BCUT2D eigenvalue weighted by atomic mass is 10.3. The largest absolute Gasteiger partial charge is 0.302 e. The Hall–Kier alpha value is -1.72. The number of benzene rings is 2. The van der Waals surface area contributed by atoms with E-state index in [1.165, 1.54) is 41.3 Å². The van der Waals surface area contributed by atoms with E-state index in [1.807, 2.05) is 6.07 Å². The molecule has 0 bridgehead atoms. The van der Waals surface area contributed by atoms with Gasteiger partial charge in [0.15, 0.2) is 15.0 Å². The highest BCUT2D eigenvalue weighted by Crippen LogP contribution is 2.33. The zero-order valence-electron chi connectivity index (χ0n) is 18.7. The van der Waals surface area contributed by atoms with Crippen molar-refractivity contribution in [1.29, 1.82) is 0 Å². The third-order valence-electron chi connectivity index (χ3n) is 5.01. The van der Waals surface area contributed by atoms with Gasteiger partial charge in [0.1, 0.15) is 11.3 Å². The van der Waals surface area contributed by atoms with Crippen molar-refractivity contribution < 1.29 is 17.6 Å². The van der Waals surface area contributed by atoms with Crippen molar-refractivity contribution >= 4 is 66.6 Å². The van der Waals surface area contributed by atoms with E-state index in [-0.39, 0.29) is 34.8 Å². The molecule has 6 nitrogen and oxygen atoms in total. The summed E-state index contributed by atoms with van der Waals surface area (Å²) in [6, 6.07) is 11.1. The highest BCUT2D eigenvalue weighted by molar-refractivity contribution is 8.00. The molecule has 0 saturated heterocycles. The maximum absolute atomic E-state index is 13.2. The number of rotatable bonds is 10. The number of hydrogen-bond donors (Lipinski definition) is 0. The van der Waals surface area contributed by atoms with E-state index in [2.05, 4.69) is 23.7 Å². The number of fused-ring (bicyclic) bond motifs is 1. The van der Waals surface area contributed by atoms with Gasteiger partial charge in [-0.05, 0) is 49.5 Å². The highest BCUT2D eigenvalue weighted by Gasteiger charge is 2.23. The van der Waals surface area contributed by atoms with Crippen LogP contribution < -0.4 is 4.90 Å². The number of amides is 1. The third-order valence-corrected chi connectivity index (χ3v) is 8.18. The Labute approximate surface area is 208 Å². The Morgan fingerprint density at radius 3 is 2.36 bits per heavy atom. The number of halogens is 2. The quantitative estimate of drug-likeness (QED) is 0.352. The topological polar surface area (TPSA) is 70.6 Å².